The molecule has 82 valence electrons. The van der Waals surface area contributed by atoms with Crippen LogP contribution in [0.3, 0.4) is 0 Å². The maximum Gasteiger partial charge on any atom is 0.0667 e. The van der Waals surface area contributed by atoms with Crippen LogP contribution in [0.1, 0.15) is 26.7 Å². The minimum atomic E-state index is 0.0620. The summed E-state index contributed by atoms with van der Waals surface area (Å²) in [5.41, 5.74) is 0.0620. The predicted molar refractivity (Wildman–Crippen MR) is 55.4 cm³/mol. The molecule has 0 aliphatic carbocycles. The molecule has 2 unspecified atom stereocenters. The van der Waals surface area contributed by atoms with Crippen molar-refractivity contribution in [2.75, 3.05) is 26.4 Å². The lowest BCUT2D eigenvalue weighted by Crippen LogP contribution is -2.39. The fraction of sp³-hybridized carbons (Fsp3) is 1.00. The molecule has 0 aromatic carbocycles. The van der Waals surface area contributed by atoms with E-state index in [-0.39, 0.29) is 5.60 Å². The standard InChI is InChI=1S/C11H21NO2/c1-11(2)9(3-6-14-11)7-12-10-4-5-13-8-10/h9-10,12H,3-8H2,1-2H3. The van der Waals surface area contributed by atoms with Gasteiger partial charge in [-0.1, -0.05) is 0 Å². The molecule has 0 amide bonds. The summed E-state index contributed by atoms with van der Waals surface area (Å²) in [4.78, 5) is 0. The Morgan fingerprint density at radius 3 is 2.71 bits per heavy atom. The van der Waals surface area contributed by atoms with Crippen LogP contribution in [0, 0.1) is 5.92 Å². The summed E-state index contributed by atoms with van der Waals surface area (Å²) in [5, 5.41) is 3.57. The summed E-state index contributed by atoms with van der Waals surface area (Å²) in [6, 6.07) is 0.575. The van der Waals surface area contributed by atoms with E-state index in [0.29, 0.717) is 12.0 Å². The highest BCUT2D eigenvalue weighted by atomic mass is 16.5. The van der Waals surface area contributed by atoms with Gasteiger partial charge in [-0.2, -0.15) is 0 Å². The molecule has 2 saturated heterocycles. The van der Waals surface area contributed by atoms with Gasteiger partial charge >= 0.3 is 0 Å². The highest BCUT2D eigenvalue weighted by Crippen LogP contribution is 2.30. The SMILES string of the molecule is CC1(C)OCCC1CNC1CCOC1. The van der Waals surface area contributed by atoms with Gasteiger partial charge in [-0.15, -0.1) is 0 Å². The average Bonchev–Trinajstić information content (AvgIpc) is 2.71. The molecule has 0 aromatic rings. The minimum Gasteiger partial charge on any atom is -0.380 e. The molecule has 2 heterocycles. The molecule has 0 spiro atoms. The lowest BCUT2D eigenvalue weighted by Gasteiger charge is -2.27. The van der Waals surface area contributed by atoms with Gasteiger partial charge in [-0.05, 0) is 26.7 Å². The van der Waals surface area contributed by atoms with Gasteiger partial charge in [0.05, 0.1) is 12.2 Å². The van der Waals surface area contributed by atoms with E-state index in [1.165, 1.54) is 6.42 Å². The number of hydrogen-bond donors (Lipinski definition) is 1. The molecule has 0 aromatic heterocycles. The van der Waals surface area contributed by atoms with Crippen molar-refractivity contribution < 1.29 is 9.47 Å². The van der Waals surface area contributed by atoms with Gasteiger partial charge < -0.3 is 14.8 Å². The van der Waals surface area contributed by atoms with E-state index in [9.17, 15) is 0 Å². The van der Waals surface area contributed by atoms with Crippen LogP contribution in [0.25, 0.3) is 0 Å². The molecule has 1 N–H and O–H groups in total. The van der Waals surface area contributed by atoms with Gasteiger partial charge in [-0.25, -0.2) is 0 Å². The number of rotatable bonds is 3. The van der Waals surface area contributed by atoms with Crippen LogP contribution in [0.5, 0.6) is 0 Å². The molecule has 2 rings (SSSR count). The molecular weight excluding hydrogens is 178 g/mol. The first-order chi connectivity index (χ1) is 6.68. The van der Waals surface area contributed by atoms with E-state index in [1.807, 2.05) is 0 Å². The zero-order valence-electron chi connectivity index (χ0n) is 9.21. The van der Waals surface area contributed by atoms with Gasteiger partial charge in [0.15, 0.2) is 0 Å². The van der Waals surface area contributed by atoms with Crippen molar-refractivity contribution in [3.05, 3.63) is 0 Å². The van der Waals surface area contributed by atoms with Gasteiger partial charge in [0.1, 0.15) is 0 Å². The van der Waals surface area contributed by atoms with Crippen molar-refractivity contribution in [2.24, 2.45) is 5.92 Å². The Hall–Kier alpha value is -0.120. The van der Waals surface area contributed by atoms with E-state index >= 15 is 0 Å². The van der Waals surface area contributed by atoms with E-state index < -0.39 is 0 Å². The maximum absolute atomic E-state index is 5.70. The first kappa shape index (κ1) is 10.4. The van der Waals surface area contributed by atoms with Crippen LogP contribution in [-0.2, 0) is 9.47 Å². The molecule has 0 saturated carbocycles. The van der Waals surface area contributed by atoms with Crippen LogP contribution in [0.15, 0.2) is 0 Å². The summed E-state index contributed by atoms with van der Waals surface area (Å²) in [5.74, 6) is 0.656. The third-order valence-corrected chi connectivity index (χ3v) is 3.51. The highest BCUT2D eigenvalue weighted by molar-refractivity contribution is 4.87. The van der Waals surface area contributed by atoms with E-state index in [0.717, 1.165) is 32.8 Å². The minimum absolute atomic E-state index is 0.0620. The quantitative estimate of drug-likeness (QED) is 0.740. The number of nitrogens with one attached hydrogen (secondary N) is 1. The van der Waals surface area contributed by atoms with Crippen LogP contribution in [0.2, 0.25) is 0 Å². The molecule has 14 heavy (non-hydrogen) atoms. The largest absolute Gasteiger partial charge is 0.380 e. The number of hydrogen-bond acceptors (Lipinski definition) is 3. The Labute approximate surface area is 86.2 Å². The normalized spacial score (nSPS) is 36.4. The summed E-state index contributed by atoms with van der Waals surface area (Å²) in [6.07, 6.45) is 2.35. The molecule has 3 nitrogen and oxygen atoms in total. The number of ether oxygens (including phenoxy) is 2. The van der Waals surface area contributed by atoms with Crippen LogP contribution >= 0.6 is 0 Å². The van der Waals surface area contributed by atoms with Crippen molar-refractivity contribution >= 4 is 0 Å². The zero-order valence-corrected chi connectivity index (χ0v) is 9.21. The Morgan fingerprint density at radius 1 is 1.29 bits per heavy atom. The molecule has 3 heteroatoms. The molecule has 0 bridgehead atoms. The van der Waals surface area contributed by atoms with Gasteiger partial charge in [-0.3, -0.25) is 0 Å². The van der Waals surface area contributed by atoms with Gasteiger partial charge in [0.25, 0.3) is 0 Å². The average molecular weight is 199 g/mol. The summed E-state index contributed by atoms with van der Waals surface area (Å²) in [7, 11) is 0. The highest BCUT2D eigenvalue weighted by Gasteiger charge is 2.35. The first-order valence-corrected chi connectivity index (χ1v) is 5.63. The van der Waals surface area contributed by atoms with Crippen LogP contribution < -0.4 is 5.32 Å². The summed E-state index contributed by atoms with van der Waals surface area (Å²) in [6.45, 7) is 8.17. The topological polar surface area (TPSA) is 30.5 Å². The maximum atomic E-state index is 5.70. The van der Waals surface area contributed by atoms with E-state index in [2.05, 4.69) is 19.2 Å². The Balaban J connectivity index is 1.74. The van der Waals surface area contributed by atoms with Crippen molar-refractivity contribution in [1.82, 2.24) is 5.32 Å². The van der Waals surface area contributed by atoms with E-state index in [1.54, 1.807) is 0 Å². The Kier molecular flexibility index (Phi) is 3.10. The fourth-order valence-corrected chi connectivity index (χ4v) is 2.28. The zero-order chi connectivity index (χ0) is 10.0. The molecule has 2 fully saturated rings. The Morgan fingerprint density at radius 2 is 2.14 bits per heavy atom. The molecule has 2 atom stereocenters. The summed E-state index contributed by atoms with van der Waals surface area (Å²) < 4.78 is 11.0. The second-order valence-corrected chi connectivity index (χ2v) is 4.91. The summed E-state index contributed by atoms with van der Waals surface area (Å²) >= 11 is 0. The molecule has 2 aliphatic rings. The van der Waals surface area contributed by atoms with Gasteiger partial charge in [0, 0.05) is 31.7 Å². The van der Waals surface area contributed by atoms with Crippen LogP contribution in [0.4, 0.5) is 0 Å². The fourth-order valence-electron chi connectivity index (χ4n) is 2.28. The Bertz CT molecular complexity index is 188. The lowest BCUT2D eigenvalue weighted by molar-refractivity contribution is 0.0107. The first-order valence-electron chi connectivity index (χ1n) is 5.63. The predicted octanol–water partition coefficient (Wildman–Crippen LogP) is 1.18. The van der Waals surface area contributed by atoms with Crippen LogP contribution in [-0.4, -0.2) is 38.0 Å². The second kappa shape index (κ2) is 4.17. The van der Waals surface area contributed by atoms with Crippen molar-refractivity contribution in [3.8, 4) is 0 Å². The molecule has 0 radical (unpaired) electrons. The van der Waals surface area contributed by atoms with Gasteiger partial charge in [0.2, 0.25) is 0 Å². The molecule has 2 aliphatic heterocycles. The van der Waals surface area contributed by atoms with E-state index in [4.69, 9.17) is 9.47 Å². The van der Waals surface area contributed by atoms with Crippen molar-refractivity contribution in [3.63, 3.8) is 0 Å². The third-order valence-electron chi connectivity index (χ3n) is 3.51. The smallest absolute Gasteiger partial charge is 0.0667 e. The third kappa shape index (κ3) is 2.27. The molecular formula is C11H21NO2. The second-order valence-electron chi connectivity index (χ2n) is 4.91. The monoisotopic (exact) mass is 199 g/mol. The van der Waals surface area contributed by atoms with Crippen molar-refractivity contribution in [2.45, 2.75) is 38.3 Å². The lowest BCUT2D eigenvalue weighted by atomic mass is 9.91. The van der Waals surface area contributed by atoms with Crippen molar-refractivity contribution in [1.29, 1.82) is 0 Å².